The van der Waals surface area contributed by atoms with Gasteiger partial charge < -0.3 is 4.57 Å². The monoisotopic (exact) mass is 715 g/mol. The summed E-state index contributed by atoms with van der Waals surface area (Å²) < 4.78 is 4.59. The summed E-state index contributed by atoms with van der Waals surface area (Å²) >= 11 is 0. The van der Waals surface area contributed by atoms with E-state index in [9.17, 15) is 0 Å². The summed E-state index contributed by atoms with van der Waals surface area (Å²) in [7, 11) is 0. The highest BCUT2D eigenvalue weighted by Crippen LogP contribution is 2.42. The van der Waals surface area contributed by atoms with Crippen LogP contribution in [0.3, 0.4) is 0 Å². The van der Waals surface area contributed by atoms with Gasteiger partial charge in [-0.15, -0.1) is 0 Å². The van der Waals surface area contributed by atoms with Crippen LogP contribution < -0.4 is 0 Å². The van der Waals surface area contributed by atoms with Crippen LogP contribution in [0.1, 0.15) is 0 Å². The first-order chi connectivity index (χ1) is 27.8. The third-order valence-corrected chi connectivity index (χ3v) is 10.7. The van der Waals surface area contributed by atoms with Crippen LogP contribution in [-0.2, 0) is 0 Å². The lowest BCUT2D eigenvalue weighted by Gasteiger charge is -2.13. The van der Waals surface area contributed by atoms with Gasteiger partial charge in [0, 0.05) is 38.4 Å². The van der Waals surface area contributed by atoms with Crippen LogP contribution in [0, 0.1) is 0 Å². The number of nitrogens with zero attached hydrogens (tertiary/aromatic N) is 5. The number of fused-ring (bicyclic) bond motifs is 7. The van der Waals surface area contributed by atoms with Gasteiger partial charge in [-0.2, -0.15) is 9.97 Å². The average molecular weight is 716 g/mol. The molecule has 0 unspecified atom stereocenters. The average Bonchev–Trinajstić information content (AvgIpc) is 3.80. The molecule has 3 aromatic heterocycles. The number of hydrogen-bond donors (Lipinski definition) is 0. The van der Waals surface area contributed by atoms with Crippen LogP contribution in [-0.4, -0.2) is 24.1 Å². The minimum atomic E-state index is 0.567. The van der Waals surface area contributed by atoms with E-state index in [-0.39, 0.29) is 0 Å². The van der Waals surface area contributed by atoms with Crippen molar-refractivity contribution in [1.29, 1.82) is 0 Å². The Hall–Kier alpha value is -7.63. The topological polar surface area (TPSA) is 48.5 Å². The molecule has 0 bridgehead atoms. The molecule has 0 aliphatic heterocycles. The smallest absolute Gasteiger partial charge is 0.238 e. The summed E-state index contributed by atoms with van der Waals surface area (Å²) in [5.41, 5.74) is 11.8. The van der Waals surface area contributed by atoms with Crippen LogP contribution >= 0.6 is 0 Å². The molecule has 0 spiro atoms. The quantitative estimate of drug-likeness (QED) is 0.172. The number of para-hydroxylation sites is 3. The molecule has 0 saturated carbocycles. The molecule has 5 nitrogen and oxygen atoms in total. The Morgan fingerprint density at radius 1 is 0.286 bits per heavy atom. The number of aromatic nitrogens is 5. The van der Waals surface area contributed by atoms with Crippen LogP contribution in [0.25, 0.3) is 100 Å². The molecule has 0 N–H and O–H groups in total. The van der Waals surface area contributed by atoms with Gasteiger partial charge in [0.25, 0.3) is 0 Å². The van der Waals surface area contributed by atoms with E-state index in [0.717, 1.165) is 61.0 Å². The molecule has 0 amide bonds. The van der Waals surface area contributed by atoms with Gasteiger partial charge in [-0.1, -0.05) is 146 Å². The summed E-state index contributed by atoms with van der Waals surface area (Å²) in [6.07, 6.45) is 0. The van der Waals surface area contributed by atoms with E-state index in [0.29, 0.717) is 17.6 Å². The molecule has 0 aliphatic rings. The van der Waals surface area contributed by atoms with Gasteiger partial charge in [-0.3, -0.25) is 4.57 Å². The van der Waals surface area contributed by atoms with E-state index >= 15 is 0 Å². The van der Waals surface area contributed by atoms with Crippen molar-refractivity contribution in [2.45, 2.75) is 0 Å². The third kappa shape index (κ3) is 5.21. The molecule has 0 aliphatic carbocycles. The van der Waals surface area contributed by atoms with E-state index in [1.807, 2.05) is 18.2 Å². The Bertz CT molecular complexity index is 3160. The molecule has 5 heteroatoms. The second-order valence-electron chi connectivity index (χ2n) is 14.1. The van der Waals surface area contributed by atoms with Crippen LogP contribution in [0.4, 0.5) is 0 Å². The lowest BCUT2D eigenvalue weighted by atomic mass is 9.96. The standard InChI is InChI=1S/C51H33N5/c1-5-17-34(18-6-1)37-31-38(35-19-7-2-8-20-35)33-39(32-37)50-52-49(36-21-9-3-10-22-36)53-51(54-50)56-44-28-16-14-26-42(44)48-46(56)30-29-45-47(48)41-25-13-15-27-43(41)55(45)40-23-11-4-12-24-40/h1-33H. The maximum atomic E-state index is 5.37. The summed E-state index contributed by atoms with van der Waals surface area (Å²) in [5, 5.41) is 4.72. The molecule has 0 fully saturated rings. The minimum absolute atomic E-state index is 0.567. The Kier molecular flexibility index (Phi) is 7.42. The Labute approximate surface area is 323 Å². The van der Waals surface area contributed by atoms with Crippen LogP contribution in [0.5, 0.6) is 0 Å². The van der Waals surface area contributed by atoms with Gasteiger partial charge in [0.05, 0.1) is 22.1 Å². The summed E-state index contributed by atoms with van der Waals surface area (Å²) in [4.78, 5) is 15.8. The molecular weight excluding hydrogens is 683 g/mol. The van der Waals surface area contributed by atoms with E-state index in [1.54, 1.807) is 0 Å². The number of rotatable bonds is 6. The SMILES string of the molecule is c1ccc(-c2cc(-c3ccccc3)cc(-c3nc(-c4ccccc4)nc(-n4c5ccccc5c5c6c7ccccc7n(-c7ccccc7)c6ccc54)n3)c2)cc1. The fraction of sp³-hybridized carbons (Fsp3) is 0. The summed E-state index contributed by atoms with van der Waals surface area (Å²) in [6, 6.07) is 70.3. The largest absolute Gasteiger partial charge is 0.309 e. The summed E-state index contributed by atoms with van der Waals surface area (Å²) in [6.45, 7) is 0. The minimum Gasteiger partial charge on any atom is -0.309 e. The van der Waals surface area contributed by atoms with Gasteiger partial charge >= 0.3 is 0 Å². The highest BCUT2D eigenvalue weighted by molar-refractivity contribution is 6.28. The number of benzene rings is 8. The first-order valence-electron chi connectivity index (χ1n) is 18.9. The van der Waals surface area contributed by atoms with Crippen molar-refractivity contribution in [1.82, 2.24) is 24.1 Å². The van der Waals surface area contributed by atoms with E-state index in [2.05, 4.69) is 191 Å². The first kappa shape index (κ1) is 31.9. The lowest BCUT2D eigenvalue weighted by molar-refractivity contribution is 0.953. The first-order valence-corrected chi connectivity index (χ1v) is 18.9. The second-order valence-corrected chi connectivity index (χ2v) is 14.1. The predicted molar refractivity (Wildman–Crippen MR) is 230 cm³/mol. The maximum Gasteiger partial charge on any atom is 0.238 e. The highest BCUT2D eigenvalue weighted by atomic mass is 15.2. The van der Waals surface area contributed by atoms with Gasteiger partial charge in [-0.05, 0) is 76.9 Å². The summed E-state index contributed by atoms with van der Waals surface area (Å²) in [5.74, 6) is 1.79. The highest BCUT2D eigenvalue weighted by Gasteiger charge is 2.23. The van der Waals surface area contributed by atoms with E-state index < -0.39 is 0 Å². The molecule has 0 radical (unpaired) electrons. The number of hydrogen-bond acceptors (Lipinski definition) is 3. The Balaban J connectivity index is 1.21. The van der Waals surface area contributed by atoms with Crippen molar-refractivity contribution >= 4 is 43.6 Å². The fourth-order valence-corrected chi connectivity index (χ4v) is 8.25. The van der Waals surface area contributed by atoms with Crippen molar-refractivity contribution in [3.05, 3.63) is 200 Å². The van der Waals surface area contributed by atoms with Gasteiger partial charge in [0.15, 0.2) is 11.6 Å². The van der Waals surface area contributed by atoms with Gasteiger partial charge in [-0.25, -0.2) is 4.98 Å². The van der Waals surface area contributed by atoms with Gasteiger partial charge in [0.2, 0.25) is 5.95 Å². The van der Waals surface area contributed by atoms with Crippen molar-refractivity contribution in [2.24, 2.45) is 0 Å². The molecule has 8 aromatic carbocycles. The zero-order chi connectivity index (χ0) is 37.0. The Morgan fingerprint density at radius 2 is 0.696 bits per heavy atom. The van der Waals surface area contributed by atoms with Crippen LogP contribution in [0.2, 0.25) is 0 Å². The second kappa shape index (κ2) is 13.0. The van der Waals surface area contributed by atoms with Crippen molar-refractivity contribution in [3.8, 4) is 56.7 Å². The lowest BCUT2D eigenvalue weighted by Crippen LogP contribution is -2.06. The van der Waals surface area contributed by atoms with Crippen molar-refractivity contribution in [2.75, 3.05) is 0 Å². The zero-order valence-electron chi connectivity index (χ0n) is 30.3. The van der Waals surface area contributed by atoms with Crippen LogP contribution in [0.15, 0.2) is 200 Å². The molecule has 11 rings (SSSR count). The van der Waals surface area contributed by atoms with E-state index in [1.165, 1.54) is 21.7 Å². The molecule has 0 saturated heterocycles. The molecule has 0 atom stereocenters. The molecule has 56 heavy (non-hydrogen) atoms. The molecule has 11 aromatic rings. The molecule has 3 heterocycles. The fourth-order valence-electron chi connectivity index (χ4n) is 8.25. The predicted octanol–water partition coefficient (Wildman–Crippen LogP) is 12.7. The Morgan fingerprint density at radius 3 is 1.25 bits per heavy atom. The zero-order valence-corrected chi connectivity index (χ0v) is 30.3. The van der Waals surface area contributed by atoms with Crippen molar-refractivity contribution in [3.63, 3.8) is 0 Å². The molecule has 262 valence electrons. The normalized spacial score (nSPS) is 11.6. The van der Waals surface area contributed by atoms with E-state index in [4.69, 9.17) is 15.0 Å². The van der Waals surface area contributed by atoms with Gasteiger partial charge in [0.1, 0.15) is 0 Å². The maximum absolute atomic E-state index is 5.37. The third-order valence-electron chi connectivity index (χ3n) is 10.7. The van der Waals surface area contributed by atoms with Crippen molar-refractivity contribution < 1.29 is 0 Å². The molecular formula is C51H33N5.